The minimum atomic E-state index is -0.657. The molecule has 1 fully saturated rings. The van der Waals surface area contributed by atoms with Crippen molar-refractivity contribution in [2.24, 2.45) is 5.92 Å². The lowest BCUT2D eigenvalue weighted by atomic mass is 9.91. The molecular weight excluding hydrogens is 494 g/mol. The van der Waals surface area contributed by atoms with E-state index >= 15 is 0 Å². The Bertz CT molecular complexity index is 1120. The maximum absolute atomic E-state index is 13.2. The van der Waals surface area contributed by atoms with Crippen molar-refractivity contribution in [1.82, 2.24) is 20.1 Å². The van der Waals surface area contributed by atoms with Crippen molar-refractivity contribution in [3.05, 3.63) is 58.8 Å². The zero-order valence-electron chi connectivity index (χ0n) is 23.6. The van der Waals surface area contributed by atoms with Crippen LogP contribution in [-0.2, 0) is 28.9 Å². The molecule has 0 aliphatic carbocycles. The van der Waals surface area contributed by atoms with Crippen molar-refractivity contribution in [2.75, 3.05) is 64.9 Å². The minimum absolute atomic E-state index is 0.125. The largest absolute Gasteiger partial charge is 0.390 e. The van der Waals surface area contributed by atoms with Gasteiger partial charge in [0.15, 0.2) is 0 Å². The molecule has 1 saturated heterocycles. The molecule has 39 heavy (non-hydrogen) atoms. The molecule has 0 unspecified atom stereocenters. The van der Waals surface area contributed by atoms with Crippen molar-refractivity contribution in [3.63, 3.8) is 0 Å². The number of β-amino-alcohol motifs (C(OH)–C–C–N with tert-alkyl or cyclic N) is 1. The SMILES string of the molecule is COCCN(C)c1cc(C(=O)NC[C@H](O)CN2CCc3ccccc3C2)cc(CC2CCN(C(C)=O)CC2)n1. The molecule has 4 rings (SSSR count). The Morgan fingerprint density at radius 3 is 2.64 bits per heavy atom. The Balaban J connectivity index is 1.37. The van der Waals surface area contributed by atoms with Gasteiger partial charge in [-0.25, -0.2) is 4.98 Å². The summed E-state index contributed by atoms with van der Waals surface area (Å²) < 4.78 is 5.23. The van der Waals surface area contributed by atoms with Crippen LogP contribution in [-0.4, -0.2) is 97.8 Å². The van der Waals surface area contributed by atoms with Gasteiger partial charge in [-0.3, -0.25) is 14.5 Å². The van der Waals surface area contributed by atoms with Gasteiger partial charge in [0.2, 0.25) is 5.91 Å². The van der Waals surface area contributed by atoms with Crippen molar-refractivity contribution >= 4 is 17.6 Å². The molecular formula is C30H43N5O4. The molecule has 0 spiro atoms. The fourth-order valence-electron chi connectivity index (χ4n) is 5.48. The van der Waals surface area contributed by atoms with Gasteiger partial charge in [-0.15, -0.1) is 0 Å². The van der Waals surface area contributed by atoms with Crippen LogP contribution in [0.5, 0.6) is 0 Å². The minimum Gasteiger partial charge on any atom is -0.390 e. The van der Waals surface area contributed by atoms with Gasteiger partial charge in [-0.05, 0) is 54.9 Å². The second-order valence-corrected chi connectivity index (χ2v) is 10.9. The number of pyridine rings is 1. The summed E-state index contributed by atoms with van der Waals surface area (Å²) in [5, 5.41) is 13.6. The number of methoxy groups -OCH3 is 1. The van der Waals surface area contributed by atoms with Gasteiger partial charge in [0.25, 0.3) is 5.91 Å². The number of hydrogen-bond donors (Lipinski definition) is 2. The predicted octanol–water partition coefficient (Wildman–Crippen LogP) is 2.11. The number of carbonyl (C=O) groups excluding carboxylic acids is 2. The number of aliphatic hydroxyl groups is 1. The van der Waals surface area contributed by atoms with Crippen molar-refractivity contribution in [1.29, 1.82) is 0 Å². The molecule has 2 aliphatic heterocycles. The molecule has 9 nitrogen and oxygen atoms in total. The van der Waals surface area contributed by atoms with E-state index in [9.17, 15) is 14.7 Å². The number of ether oxygens (including phenoxy) is 1. The molecule has 1 aromatic carbocycles. The summed E-state index contributed by atoms with van der Waals surface area (Å²) in [5.74, 6) is 1.05. The molecule has 3 heterocycles. The van der Waals surface area contributed by atoms with Gasteiger partial charge in [0.1, 0.15) is 5.82 Å². The highest BCUT2D eigenvalue weighted by Gasteiger charge is 2.23. The van der Waals surface area contributed by atoms with Crippen molar-refractivity contribution in [2.45, 2.75) is 45.3 Å². The van der Waals surface area contributed by atoms with E-state index < -0.39 is 6.10 Å². The van der Waals surface area contributed by atoms with Crippen LogP contribution >= 0.6 is 0 Å². The number of benzene rings is 1. The Kier molecular flexibility index (Phi) is 10.3. The zero-order valence-corrected chi connectivity index (χ0v) is 23.6. The van der Waals surface area contributed by atoms with E-state index in [1.54, 1.807) is 20.1 Å². The number of nitrogens with zero attached hydrogens (tertiary/aromatic N) is 4. The van der Waals surface area contributed by atoms with Crippen LogP contribution in [0.3, 0.4) is 0 Å². The summed E-state index contributed by atoms with van der Waals surface area (Å²) in [6, 6.07) is 12.1. The van der Waals surface area contributed by atoms with E-state index in [1.807, 2.05) is 22.9 Å². The van der Waals surface area contributed by atoms with Crippen LogP contribution in [0, 0.1) is 5.92 Å². The average molecular weight is 538 g/mol. The number of carbonyl (C=O) groups is 2. The topological polar surface area (TPSA) is 98.2 Å². The van der Waals surface area contributed by atoms with Crippen LogP contribution in [0.4, 0.5) is 5.82 Å². The Labute approximate surface area is 232 Å². The van der Waals surface area contributed by atoms with Crippen molar-refractivity contribution in [3.8, 4) is 0 Å². The first-order valence-corrected chi connectivity index (χ1v) is 14.0. The van der Waals surface area contributed by atoms with E-state index in [0.717, 1.165) is 63.4 Å². The molecule has 2 aromatic rings. The Morgan fingerprint density at radius 1 is 1.18 bits per heavy atom. The molecule has 1 atom stereocenters. The smallest absolute Gasteiger partial charge is 0.251 e. The van der Waals surface area contributed by atoms with Gasteiger partial charge in [-0.2, -0.15) is 0 Å². The lowest BCUT2D eigenvalue weighted by molar-refractivity contribution is -0.130. The van der Waals surface area contributed by atoms with Crippen LogP contribution in [0.15, 0.2) is 36.4 Å². The van der Waals surface area contributed by atoms with Crippen LogP contribution < -0.4 is 10.2 Å². The van der Waals surface area contributed by atoms with E-state index in [1.165, 1.54) is 11.1 Å². The third-order valence-electron chi connectivity index (χ3n) is 7.88. The third-order valence-corrected chi connectivity index (χ3v) is 7.88. The van der Waals surface area contributed by atoms with Crippen LogP contribution in [0.1, 0.15) is 46.9 Å². The molecule has 212 valence electrons. The fraction of sp³-hybridized carbons (Fsp3) is 0.567. The molecule has 1 aromatic heterocycles. The Morgan fingerprint density at radius 2 is 1.92 bits per heavy atom. The predicted molar refractivity (Wildman–Crippen MR) is 152 cm³/mol. The summed E-state index contributed by atoms with van der Waals surface area (Å²) in [6.07, 6.45) is 2.94. The molecule has 0 saturated carbocycles. The third kappa shape index (κ3) is 8.24. The van der Waals surface area contributed by atoms with E-state index in [0.29, 0.717) is 31.2 Å². The van der Waals surface area contributed by atoms with Gasteiger partial charge in [0.05, 0.1) is 12.7 Å². The summed E-state index contributed by atoms with van der Waals surface area (Å²) >= 11 is 0. The number of nitrogens with one attached hydrogen (secondary N) is 1. The molecule has 0 radical (unpaired) electrons. The van der Waals surface area contributed by atoms with E-state index in [-0.39, 0.29) is 18.4 Å². The maximum Gasteiger partial charge on any atom is 0.251 e. The van der Waals surface area contributed by atoms with E-state index in [2.05, 4.69) is 34.5 Å². The number of likely N-dealkylation sites (tertiary alicyclic amines) is 1. The number of aromatic nitrogens is 1. The second kappa shape index (κ2) is 13.9. The van der Waals surface area contributed by atoms with Crippen LogP contribution in [0.25, 0.3) is 0 Å². The highest BCUT2D eigenvalue weighted by molar-refractivity contribution is 5.95. The Hall–Kier alpha value is -3.01. The number of rotatable bonds is 11. The van der Waals surface area contributed by atoms with Crippen molar-refractivity contribution < 1.29 is 19.4 Å². The van der Waals surface area contributed by atoms with Gasteiger partial charge in [0, 0.05) is 78.2 Å². The van der Waals surface area contributed by atoms with Gasteiger partial charge in [-0.1, -0.05) is 24.3 Å². The molecule has 9 heteroatoms. The maximum atomic E-state index is 13.2. The normalized spacial score (nSPS) is 17.0. The first kappa shape index (κ1) is 29.0. The molecule has 2 amide bonds. The zero-order chi connectivity index (χ0) is 27.8. The number of likely N-dealkylation sites (N-methyl/N-ethyl adjacent to an activating group) is 1. The monoisotopic (exact) mass is 537 g/mol. The number of piperidine rings is 1. The summed E-state index contributed by atoms with van der Waals surface area (Å²) in [7, 11) is 3.61. The van der Waals surface area contributed by atoms with Gasteiger partial charge < -0.3 is 25.0 Å². The summed E-state index contributed by atoms with van der Waals surface area (Å²) in [5.41, 5.74) is 4.09. The number of aliphatic hydroxyl groups excluding tert-OH is 1. The molecule has 0 bridgehead atoms. The fourth-order valence-corrected chi connectivity index (χ4v) is 5.48. The molecule has 2 aliphatic rings. The molecule has 2 N–H and O–H groups in total. The average Bonchev–Trinajstić information content (AvgIpc) is 2.94. The van der Waals surface area contributed by atoms with Crippen LogP contribution in [0.2, 0.25) is 0 Å². The highest BCUT2D eigenvalue weighted by atomic mass is 16.5. The lowest BCUT2D eigenvalue weighted by Gasteiger charge is -2.31. The lowest BCUT2D eigenvalue weighted by Crippen LogP contribution is -2.42. The van der Waals surface area contributed by atoms with Gasteiger partial charge >= 0.3 is 0 Å². The first-order valence-electron chi connectivity index (χ1n) is 14.0. The number of anilines is 1. The quantitative estimate of drug-likeness (QED) is 0.453. The standard InChI is InChI=1S/C30H43N5O4/c1-22(36)35-12-8-23(9-13-35)16-27-17-26(18-29(32-27)33(2)14-15-39-3)30(38)31-19-28(37)21-34-11-10-24-6-4-5-7-25(24)20-34/h4-7,17-18,23,28,37H,8-16,19-21H2,1-3H3,(H,31,38)/t28-/m0/s1. The highest BCUT2D eigenvalue weighted by Crippen LogP contribution is 2.24. The first-order chi connectivity index (χ1) is 18.8. The number of fused-ring (bicyclic) bond motifs is 1. The number of hydrogen-bond acceptors (Lipinski definition) is 7. The second-order valence-electron chi connectivity index (χ2n) is 10.9. The summed E-state index contributed by atoms with van der Waals surface area (Å²) in [6.45, 7) is 6.78. The summed E-state index contributed by atoms with van der Waals surface area (Å²) in [4.78, 5) is 35.9. The number of amides is 2. The van der Waals surface area contributed by atoms with E-state index in [4.69, 9.17) is 9.72 Å².